The molecule has 2 amide bonds. The zero-order valence-electron chi connectivity index (χ0n) is 25.3. The maximum atomic E-state index is 14.3. The SMILES string of the molecule is CCOc1ccc(N(CC(=O)N(Cc2ccc(Cl)cc2Cl)[C@H](CC)C(=O)NC2CCCC2)S(=O)(=O)c2ccc(C)cc2)cc1. The van der Waals surface area contributed by atoms with Crippen LogP contribution in [0.15, 0.2) is 71.6 Å². The number of rotatable bonds is 13. The lowest BCUT2D eigenvalue weighted by Gasteiger charge is -2.34. The average Bonchev–Trinajstić information content (AvgIpc) is 3.50. The third-order valence-corrected chi connectivity index (χ3v) is 10.1. The highest BCUT2D eigenvalue weighted by Crippen LogP contribution is 2.28. The number of benzene rings is 3. The van der Waals surface area contributed by atoms with E-state index in [1.165, 1.54) is 17.0 Å². The molecule has 44 heavy (non-hydrogen) atoms. The van der Waals surface area contributed by atoms with Crippen LogP contribution in [0.1, 0.15) is 57.1 Å². The molecule has 3 aromatic carbocycles. The number of ether oxygens (including phenoxy) is 1. The maximum Gasteiger partial charge on any atom is 0.264 e. The second-order valence-corrected chi connectivity index (χ2v) is 13.6. The summed E-state index contributed by atoms with van der Waals surface area (Å²) < 4.78 is 34.8. The van der Waals surface area contributed by atoms with E-state index >= 15 is 0 Å². The fraction of sp³-hybridized carbons (Fsp3) is 0.394. The first-order chi connectivity index (χ1) is 21.0. The van der Waals surface area contributed by atoms with Crippen LogP contribution in [0.25, 0.3) is 0 Å². The van der Waals surface area contributed by atoms with Gasteiger partial charge in [-0.15, -0.1) is 0 Å². The third-order valence-electron chi connectivity index (χ3n) is 7.77. The Hall–Kier alpha value is -3.27. The monoisotopic (exact) mass is 659 g/mol. The van der Waals surface area contributed by atoms with Gasteiger partial charge in [-0.2, -0.15) is 0 Å². The minimum absolute atomic E-state index is 0.00682. The van der Waals surface area contributed by atoms with Crippen molar-refractivity contribution in [3.63, 3.8) is 0 Å². The predicted octanol–water partition coefficient (Wildman–Crippen LogP) is 6.76. The Balaban J connectivity index is 1.73. The lowest BCUT2D eigenvalue weighted by Crippen LogP contribution is -2.53. The first-order valence-corrected chi connectivity index (χ1v) is 17.1. The highest BCUT2D eigenvalue weighted by atomic mass is 35.5. The molecule has 0 spiro atoms. The fourth-order valence-corrected chi connectivity index (χ4v) is 7.24. The lowest BCUT2D eigenvalue weighted by molar-refractivity contribution is -0.140. The topological polar surface area (TPSA) is 96.0 Å². The molecule has 1 aliphatic carbocycles. The molecular formula is C33H39Cl2N3O5S. The van der Waals surface area contributed by atoms with Crippen molar-refractivity contribution >= 4 is 50.7 Å². The number of carbonyl (C=O) groups excluding carboxylic acids is 2. The van der Waals surface area contributed by atoms with Gasteiger partial charge in [-0.25, -0.2) is 8.42 Å². The molecule has 0 unspecified atom stereocenters. The van der Waals surface area contributed by atoms with Crippen LogP contribution < -0.4 is 14.4 Å². The van der Waals surface area contributed by atoms with Gasteiger partial charge in [-0.3, -0.25) is 13.9 Å². The number of aryl methyl sites for hydroxylation is 1. The van der Waals surface area contributed by atoms with Crippen LogP contribution in [0.5, 0.6) is 5.75 Å². The van der Waals surface area contributed by atoms with E-state index < -0.39 is 28.5 Å². The molecule has 4 rings (SSSR count). The van der Waals surface area contributed by atoms with Gasteiger partial charge in [-0.1, -0.05) is 66.7 Å². The molecular weight excluding hydrogens is 621 g/mol. The number of nitrogens with one attached hydrogen (secondary N) is 1. The van der Waals surface area contributed by atoms with Gasteiger partial charge in [0.1, 0.15) is 18.3 Å². The van der Waals surface area contributed by atoms with Crippen molar-refractivity contribution in [2.24, 2.45) is 0 Å². The van der Waals surface area contributed by atoms with Crippen molar-refractivity contribution in [2.45, 2.75) is 76.4 Å². The van der Waals surface area contributed by atoms with Crippen molar-refractivity contribution in [3.8, 4) is 5.75 Å². The van der Waals surface area contributed by atoms with Gasteiger partial charge in [0.2, 0.25) is 11.8 Å². The van der Waals surface area contributed by atoms with Gasteiger partial charge < -0.3 is 15.0 Å². The molecule has 1 aliphatic rings. The largest absolute Gasteiger partial charge is 0.494 e. The number of amides is 2. The summed E-state index contributed by atoms with van der Waals surface area (Å²) in [6.45, 7) is 5.46. The Bertz CT molecular complexity index is 1540. The van der Waals surface area contributed by atoms with Crippen LogP contribution in [0.4, 0.5) is 5.69 Å². The van der Waals surface area contributed by atoms with Crippen molar-refractivity contribution in [1.29, 1.82) is 0 Å². The van der Waals surface area contributed by atoms with Crippen molar-refractivity contribution in [1.82, 2.24) is 10.2 Å². The highest BCUT2D eigenvalue weighted by Gasteiger charge is 2.35. The summed E-state index contributed by atoms with van der Waals surface area (Å²) in [6.07, 6.45) is 4.18. The minimum atomic E-state index is -4.18. The molecule has 1 fully saturated rings. The molecule has 3 aromatic rings. The van der Waals surface area contributed by atoms with E-state index in [-0.39, 0.29) is 29.1 Å². The van der Waals surface area contributed by atoms with Crippen molar-refractivity contribution in [2.75, 3.05) is 17.5 Å². The third kappa shape index (κ3) is 8.25. The van der Waals surface area contributed by atoms with E-state index in [1.54, 1.807) is 54.6 Å². The number of sulfonamides is 1. The maximum absolute atomic E-state index is 14.3. The van der Waals surface area contributed by atoms with E-state index in [9.17, 15) is 18.0 Å². The second kappa shape index (κ2) is 15.1. The van der Waals surface area contributed by atoms with Crippen LogP contribution in [0, 0.1) is 6.92 Å². The van der Waals surface area contributed by atoms with Gasteiger partial charge >= 0.3 is 0 Å². The Kier molecular flexibility index (Phi) is 11.6. The Labute approximate surface area is 270 Å². The lowest BCUT2D eigenvalue weighted by atomic mass is 10.1. The second-order valence-electron chi connectivity index (χ2n) is 10.9. The van der Waals surface area contributed by atoms with Gasteiger partial charge in [0.15, 0.2) is 0 Å². The molecule has 0 heterocycles. The predicted molar refractivity (Wildman–Crippen MR) is 175 cm³/mol. The molecule has 0 bridgehead atoms. The average molecular weight is 661 g/mol. The summed E-state index contributed by atoms with van der Waals surface area (Å²) in [7, 11) is -4.18. The summed E-state index contributed by atoms with van der Waals surface area (Å²) >= 11 is 12.6. The number of anilines is 1. The molecule has 1 atom stereocenters. The van der Waals surface area contributed by atoms with E-state index in [0.717, 1.165) is 35.6 Å². The van der Waals surface area contributed by atoms with E-state index in [1.807, 2.05) is 20.8 Å². The number of carbonyl (C=O) groups is 2. The Morgan fingerprint density at radius 2 is 1.64 bits per heavy atom. The van der Waals surface area contributed by atoms with E-state index in [4.69, 9.17) is 27.9 Å². The Morgan fingerprint density at radius 1 is 0.977 bits per heavy atom. The van der Waals surface area contributed by atoms with Gasteiger partial charge in [-0.05, 0) is 87.2 Å². The molecule has 236 valence electrons. The summed E-state index contributed by atoms with van der Waals surface area (Å²) in [5, 5.41) is 3.89. The molecule has 8 nitrogen and oxygen atoms in total. The molecule has 0 aromatic heterocycles. The summed E-state index contributed by atoms with van der Waals surface area (Å²) in [6, 6.07) is 17.1. The normalized spacial score (nSPS) is 14.2. The quantitative estimate of drug-likeness (QED) is 0.219. The van der Waals surface area contributed by atoms with E-state index in [2.05, 4.69) is 5.32 Å². The van der Waals surface area contributed by atoms with Gasteiger partial charge in [0.05, 0.1) is 17.2 Å². The molecule has 0 saturated heterocycles. The molecule has 1 N–H and O–H groups in total. The van der Waals surface area contributed by atoms with Crippen LogP contribution in [-0.4, -0.2) is 50.4 Å². The number of hydrogen-bond donors (Lipinski definition) is 1. The Morgan fingerprint density at radius 3 is 2.23 bits per heavy atom. The number of nitrogens with zero attached hydrogens (tertiary/aromatic N) is 2. The molecule has 11 heteroatoms. The summed E-state index contributed by atoms with van der Waals surface area (Å²) in [5.41, 5.74) is 1.78. The first kappa shape index (κ1) is 33.6. The summed E-state index contributed by atoms with van der Waals surface area (Å²) in [4.78, 5) is 29.4. The smallest absolute Gasteiger partial charge is 0.264 e. The van der Waals surface area contributed by atoms with Crippen molar-refractivity contribution < 1.29 is 22.7 Å². The number of halogens is 2. The molecule has 1 saturated carbocycles. The minimum Gasteiger partial charge on any atom is -0.494 e. The van der Waals surface area contributed by atoms with Crippen molar-refractivity contribution in [3.05, 3.63) is 87.9 Å². The van der Waals surface area contributed by atoms with Crippen LogP contribution >= 0.6 is 23.2 Å². The van der Waals surface area contributed by atoms with Crippen LogP contribution in [0.2, 0.25) is 10.0 Å². The zero-order valence-corrected chi connectivity index (χ0v) is 27.6. The van der Waals surface area contributed by atoms with E-state index in [0.29, 0.717) is 34.4 Å². The molecule has 0 radical (unpaired) electrons. The summed E-state index contributed by atoms with van der Waals surface area (Å²) in [5.74, 6) is -0.246. The number of hydrogen-bond acceptors (Lipinski definition) is 5. The van der Waals surface area contributed by atoms with Gasteiger partial charge in [0, 0.05) is 22.6 Å². The first-order valence-electron chi connectivity index (χ1n) is 14.9. The standard InChI is InChI=1S/C33H39Cl2N3O5S/c1-4-31(33(40)36-26-8-6-7-9-26)37(21-24-12-13-25(34)20-30(24)35)32(39)22-38(27-14-16-28(17-15-27)43-5-2)44(41,42)29-18-10-23(3)11-19-29/h10-20,26,31H,4-9,21-22H2,1-3H3,(H,36,40)/t31-/m1/s1. The molecule has 0 aliphatic heterocycles. The zero-order chi connectivity index (χ0) is 31.9. The van der Waals surface area contributed by atoms with Gasteiger partial charge in [0.25, 0.3) is 10.0 Å². The van der Waals surface area contributed by atoms with Crippen LogP contribution in [-0.2, 0) is 26.2 Å². The fourth-order valence-electron chi connectivity index (χ4n) is 5.36. The highest BCUT2D eigenvalue weighted by molar-refractivity contribution is 7.92. The van der Waals surface area contributed by atoms with Crippen LogP contribution in [0.3, 0.4) is 0 Å².